The van der Waals surface area contributed by atoms with Crippen LogP contribution in [-0.2, 0) is 33.5 Å². The van der Waals surface area contributed by atoms with E-state index in [9.17, 15) is 4.79 Å². The van der Waals surface area contributed by atoms with Gasteiger partial charge in [0.1, 0.15) is 0 Å². The summed E-state index contributed by atoms with van der Waals surface area (Å²) in [7, 11) is 6.11. The van der Waals surface area contributed by atoms with Gasteiger partial charge in [0.25, 0.3) is 0 Å². The molecule has 0 saturated carbocycles. The number of amides is 1. The van der Waals surface area contributed by atoms with Crippen molar-refractivity contribution < 1.29 is 28.1 Å². The number of anilines is 1. The molecule has 4 heteroatoms. The first-order valence-corrected chi connectivity index (χ1v) is 14.8. The zero-order valence-corrected chi connectivity index (χ0v) is 16.5. The standard InChI is InChI=1S/C12H16NO.ClH.Hg/c1-9(14)13-11-7-5-10(6-8-11)12(2,3)4;;/h5-7H,1-4H3,(H,13,14);1H;/q;;+1/p-1. The van der Waals surface area contributed by atoms with E-state index in [1.165, 1.54) is 15.6 Å². The van der Waals surface area contributed by atoms with Crippen LogP contribution < -0.4 is 8.39 Å². The molecule has 0 aliphatic heterocycles. The fraction of sp³-hybridized carbons (Fsp3) is 0.417. The van der Waals surface area contributed by atoms with Gasteiger partial charge in [-0.25, -0.2) is 0 Å². The summed E-state index contributed by atoms with van der Waals surface area (Å²) in [6.07, 6.45) is 0. The molecular formula is C12H16ClHgNO. The van der Waals surface area contributed by atoms with Crippen molar-refractivity contribution in [3.05, 3.63) is 23.8 Å². The van der Waals surface area contributed by atoms with Crippen LogP contribution in [0.25, 0.3) is 0 Å². The third-order valence-corrected chi connectivity index (χ3v) is 8.35. The van der Waals surface area contributed by atoms with Crippen LogP contribution in [0.2, 0.25) is 0 Å². The normalized spacial score (nSPS) is 10.8. The molecule has 0 saturated heterocycles. The first-order valence-electron chi connectivity index (χ1n) is 5.31. The fourth-order valence-corrected chi connectivity index (χ4v) is 5.94. The fourth-order valence-electron chi connectivity index (χ4n) is 1.48. The number of hydrogen-bond donors (Lipinski definition) is 1. The number of carbonyl (C=O) groups is 1. The van der Waals surface area contributed by atoms with Crippen LogP contribution in [0, 0.1) is 0 Å². The second-order valence-corrected chi connectivity index (χ2v) is 11.3. The molecule has 1 N–H and O–H groups in total. The summed E-state index contributed by atoms with van der Waals surface area (Å²) in [5.41, 5.74) is 2.30. The third kappa shape index (κ3) is 3.74. The molecule has 0 heterocycles. The Balaban J connectivity index is 3.11. The van der Waals surface area contributed by atoms with Crippen molar-refractivity contribution >= 4 is 22.9 Å². The van der Waals surface area contributed by atoms with Crippen LogP contribution in [0.3, 0.4) is 0 Å². The summed E-state index contributed by atoms with van der Waals surface area (Å²) in [5.74, 6) is -0.0386. The number of halogens is 1. The number of benzene rings is 1. The second kappa shape index (κ2) is 5.50. The summed E-state index contributed by atoms with van der Waals surface area (Å²) in [4.78, 5) is 11.0. The van der Waals surface area contributed by atoms with Gasteiger partial charge in [-0.3, -0.25) is 0 Å². The van der Waals surface area contributed by atoms with Gasteiger partial charge in [-0.1, -0.05) is 0 Å². The summed E-state index contributed by atoms with van der Waals surface area (Å²) in [5, 5.41) is 2.84. The van der Waals surface area contributed by atoms with Crippen LogP contribution in [-0.4, -0.2) is 5.91 Å². The zero-order valence-electron chi connectivity index (χ0n) is 10.2. The average Bonchev–Trinajstić information content (AvgIpc) is 2.15. The Kier molecular flexibility index (Phi) is 4.80. The van der Waals surface area contributed by atoms with E-state index in [4.69, 9.17) is 8.25 Å². The van der Waals surface area contributed by atoms with E-state index >= 15 is 0 Å². The van der Waals surface area contributed by atoms with E-state index in [1.807, 2.05) is 6.07 Å². The number of nitrogens with one attached hydrogen (secondary N) is 1. The van der Waals surface area contributed by atoms with E-state index in [-0.39, 0.29) is 11.3 Å². The second-order valence-electron chi connectivity index (χ2n) is 4.94. The van der Waals surface area contributed by atoms with Gasteiger partial charge in [0.15, 0.2) is 0 Å². The van der Waals surface area contributed by atoms with Gasteiger partial charge in [-0.05, 0) is 0 Å². The van der Waals surface area contributed by atoms with Crippen molar-refractivity contribution in [1.29, 1.82) is 0 Å². The molecule has 1 aromatic carbocycles. The molecule has 0 fully saturated rings. The molecule has 84 valence electrons. The molecule has 0 aliphatic rings. The van der Waals surface area contributed by atoms with E-state index in [0.717, 1.165) is 5.69 Å². The molecule has 1 rings (SSSR count). The Morgan fingerprint density at radius 3 is 2.44 bits per heavy atom. The topological polar surface area (TPSA) is 29.1 Å². The molecule has 0 spiro atoms. The predicted octanol–water partition coefficient (Wildman–Crippen LogP) is 2.80. The third-order valence-electron chi connectivity index (χ3n) is 2.43. The van der Waals surface area contributed by atoms with Gasteiger partial charge >= 0.3 is 113 Å². The van der Waals surface area contributed by atoms with E-state index in [2.05, 4.69) is 38.2 Å². The number of carbonyl (C=O) groups excluding carboxylic acids is 1. The Bertz CT molecular complexity index is 398. The molecule has 0 unspecified atom stereocenters. The minimum atomic E-state index is -1.53. The van der Waals surface area contributed by atoms with Gasteiger partial charge in [-0.2, -0.15) is 0 Å². The Hall–Kier alpha value is -0.0849. The molecule has 1 amide bonds. The molecular weight excluding hydrogens is 410 g/mol. The van der Waals surface area contributed by atoms with Gasteiger partial charge in [-0.15, -0.1) is 0 Å². The van der Waals surface area contributed by atoms with E-state index in [1.54, 1.807) is 0 Å². The van der Waals surface area contributed by atoms with Crippen LogP contribution in [0.15, 0.2) is 18.2 Å². The van der Waals surface area contributed by atoms with Crippen LogP contribution in [0.1, 0.15) is 33.3 Å². The van der Waals surface area contributed by atoms with Crippen molar-refractivity contribution in [3.8, 4) is 0 Å². The number of rotatable bonds is 2. The van der Waals surface area contributed by atoms with Crippen molar-refractivity contribution in [1.82, 2.24) is 0 Å². The SMILES string of the molecule is CC(=O)Nc1ccc(C(C)(C)C)c[c]1[Hg][Cl]. The Labute approximate surface area is 113 Å². The first kappa shape index (κ1) is 14.0. The summed E-state index contributed by atoms with van der Waals surface area (Å²) < 4.78 is 1.18. The predicted molar refractivity (Wildman–Crippen MR) is 64.9 cm³/mol. The molecule has 1 aromatic rings. The molecule has 0 aliphatic carbocycles. The molecule has 0 bridgehead atoms. The van der Waals surface area contributed by atoms with Crippen molar-refractivity contribution in [2.45, 2.75) is 33.1 Å². The van der Waals surface area contributed by atoms with Gasteiger partial charge in [0.2, 0.25) is 0 Å². The Morgan fingerprint density at radius 1 is 1.38 bits per heavy atom. The molecule has 0 radical (unpaired) electrons. The van der Waals surface area contributed by atoms with Gasteiger partial charge in [0, 0.05) is 0 Å². The molecule has 2 nitrogen and oxygen atoms in total. The molecule has 0 atom stereocenters. The van der Waals surface area contributed by atoms with Crippen molar-refractivity contribution in [2.75, 3.05) is 5.32 Å². The average molecular weight is 426 g/mol. The van der Waals surface area contributed by atoms with E-state index in [0.29, 0.717) is 0 Å². The van der Waals surface area contributed by atoms with Gasteiger partial charge in [0.05, 0.1) is 0 Å². The van der Waals surface area contributed by atoms with Crippen molar-refractivity contribution in [2.24, 2.45) is 0 Å². The minimum absolute atomic E-state index is 0.0386. The molecule has 0 aromatic heterocycles. The maximum atomic E-state index is 11.0. The molecule has 16 heavy (non-hydrogen) atoms. The van der Waals surface area contributed by atoms with Crippen LogP contribution in [0.5, 0.6) is 0 Å². The first-order chi connectivity index (χ1) is 7.34. The van der Waals surface area contributed by atoms with Crippen LogP contribution >= 0.6 is 8.25 Å². The quantitative estimate of drug-likeness (QED) is 0.725. The summed E-state index contributed by atoms with van der Waals surface area (Å²) in [6.45, 7) is 8.05. The maximum absolute atomic E-state index is 11.0. The Morgan fingerprint density at radius 2 is 2.00 bits per heavy atom. The van der Waals surface area contributed by atoms with E-state index < -0.39 is 23.3 Å². The monoisotopic (exact) mass is 427 g/mol. The summed E-state index contributed by atoms with van der Waals surface area (Å²) in [6, 6.07) is 6.19. The van der Waals surface area contributed by atoms with Crippen LogP contribution in [0.4, 0.5) is 5.69 Å². The van der Waals surface area contributed by atoms with Gasteiger partial charge < -0.3 is 0 Å². The zero-order chi connectivity index (χ0) is 12.3. The number of hydrogen-bond acceptors (Lipinski definition) is 1. The van der Waals surface area contributed by atoms with Crippen molar-refractivity contribution in [3.63, 3.8) is 0 Å². The summed E-state index contributed by atoms with van der Waals surface area (Å²) >= 11 is -1.53.